The zero-order valence-electron chi connectivity index (χ0n) is 11.6. The molecule has 4 heteroatoms. The summed E-state index contributed by atoms with van der Waals surface area (Å²) >= 11 is 0. The van der Waals surface area contributed by atoms with Gasteiger partial charge in [-0.1, -0.05) is 18.2 Å². The Morgan fingerprint density at radius 2 is 2.10 bits per heavy atom. The maximum Gasteiger partial charge on any atom is 0.320 e. The van der Waals surface area contributed by atoms with Gasteiger partial charge in [0.15, 0.2) is 0 Å². The predicted octanol–water partition coefficient (Wildman–Crippen LogP) is 1.76. The number of hydrogen-bond donors (Lipinski definition) is 2. The average molecular weight is 275 g/mol. The number of carboxylic acid groups (broad SMARTS) is 1. The van der Waals surface area contributed by atoms with E-state index in [4.69, 9.17) is 0 Å². The van der Waals surface area contributed by atoms with Crippen LogP contribution in [0.5, 0.6) is 0 Å². The summed E-state index contributed by atoms with van der Waals surface area (Å²) in [5.41, 5.74) is 3.66. The molecule has 0 amide bonds. The third-order valence-corrected chi connectivity index (χ3v) is 4.56. The van der Waals surface area contributed by atoms with E-state index in [-0.39, 0.29) is 0 Å². The molecule has 0 bridgehead atoms. The second-order valence-electron chi connectivity index (χ2n) is 5.89. The first kappa shape index (κ1) is 13.6. The van der Waals surface area contributed by atoms with E-state index in [1.54, 1.807) is 0 Å². The lowest BCUT2D eigenvalue weighted by atomic mass is 10.0. The van der Waals surface area contributed by atoms with Gasteiger partial charge >= 0.3 is 5.97 Å². The maximum atomic E-state index is 11.2. The summed E-state index contributed by atoms with van der Waals surface area (Å²) in [6.07, 6.45) is 4.42. The third-order valence-electron chi connectivity index (χ3n) is 4.56. The fraction of sp³-hybridized carbons (Fsp3) is 0.562. The number of aryl methyl sites for hydroxylation is 2. The minimum atomic E-state index is -0.774. The highest BCUT2D eigenvalue weighted by Gasteiger charge is 2.31. The topological polar surface area (TPSA) is 60.8 Å². The van der Waals surface area contributed by atoms with Gasteiger partial charge < -0.3 is 10.2 Å². The summed E-state index contributed by atoms with van der Waals surface area (Å²) in [5.74, 6) is -0.774. The van der Waals surface area contributed by atoms with E-state index in [2.05, 4.69) is 12.1 Å². The molecule has 1 saturated heterocycles. The molecule has 20 heavy (non-hydrogen) atoms. The number of aliphatic hydroxyl groups excluding tert-OH is 1. The summed E-state index contributed by atoms with van der Waals surface area (Å²) in [6, 6.07) is 5.76. The first-order valence-electron chi connectivity index (χ1n) is 7.42. The first-order chi connectivity index (χ1) is 9.65. The number of carbonyl (C=O) groups is 1. The van der Waals surface area contributed by atoms with Crippen molar-refractivity contribution < 1.29 is 15.0 Å². The summed E-state index contributed by atoms with van der Waals surface area (Å²) in [7, 11) is 0. The third kappa shape index (κ3) is 2.58. The number of carboxylic acids is 1. The number of aliphatic carboxylic acids is 1. The Morgan fingerprint density at radius 3 is 2.90 bits per heavy atom. The normalized spacial score (nSPS) is 23.8. The number of fused-ring (bicyclic) bond motifs is 1. The van der Waals surface area contributed by atoms with Gasteiger partial charge in [0, 0.05) is 6.54 Å². The zero-order valence-corrected chi connectivity index (χ0v) is 11.6. The number of β-amino-alcohol motifs (C(OH)–C–C–N with tert-alkyl or cyclic N) is 1. The van der Waals surface area contributed by atoms with Gasteiger partial charge in [0.2, 0.25) is 0 Å². The monoisotopic (exact) mass is 275 g/mol. The number of likely N-dealkylation sites (tertiary alicyclic amines) is 1. The lowest BCUT2D eigenvalue weighted by molar-refractivity contribution is -0.142. The Bertz CT molecular complexity index is 514. The predicted molar refractivity (Wildman–Crippen MR) is 75.7 cm³/mol. The number of aliphatic hydroxyl groups is 1. The van der Waals surface area contributed by atoms with Crippen molar-refractivity contribution in [3.63, 3.8) is 0 Å². The summed E-state index contributed by atoms with van der Waals surface area (Å²) in [5, 5.41) is 19.5. The van der Waals surface area contributed by atoms with E-state index in [1.807, 2.05) is 11.0 Å². The molecule has 108 valence electrons. The molecule has 0 aromatic heterocycles. The maximum absolute atomic E-state index is 11.2. The van der Waals surface area contributed by atoms with Crippen LogP contribution >= 0.6 is 0 Å². The standard InChI is InChI=1S/C16H21NO3/c18-15(10-17-8-2-5-14(17)16(19)20)13-7-6-11-3-1-4-12(11)9-13/h6-7,9,14-15,18H,1-5,8,10H2,(H,19,20). The van der Waals surface area contributed by atoms with Crippen LogP contribution in [-0.2, 0) is 17.6 Å². The van der Waals surface area contributed by atoms with E-state index in [0.29, 0.717) is 13.0 Å². The highest BCUT2D eigenvalue weighted by molar-refractivity contribution is 5.73. The van der Waals surface area contributed by atoms with Crippen LogP contribution in [0.15, 0.2) is 18.2 Å². The van der Waals surface area contributed by atoms with Crippen LogP contribution in [0.4, 0.5) is 0 Å². The van der Waals surface area contributed by atoms with Crippen molar-refractivity contribution in [3.8, 4) is 0 Å². The van der Waals surface area contributed by atoms with Crippen molar-refractivity contribution >= 4 is 5.97 Å². The van der Waals surface area contributed by atoms with Crippen LogP contribution in [0.2, 0.25) is 0 Å². The van der Waals surface area contributed by atoms with Gasteiger partial charge in [0.25, 0.3) is 0 Å². The smallest absolute Gasteiger partial charge is 0.320 e. The van der Waals surface area contributed by atoms with E-state index < -0.39 is 18.1 Å². The van der Waals surface area contributed by atoms with Crippen molar-refractivity contribution in [2.45, 2.75) is 44.2 Å². The number of benzene rings is 1. The molecular weight excluding hydrogens is 254 g/mol. The van der Waals surface area contributed by atoms with Crippen LogP contribution < -0.4 is 0 Å². The van der Waals surface area contributed by atoms with Crippen LogP contribution in [0.1, 0.15) is 42.1 Å². The molecule has 1 aromatic rings. The molecule has 1 aromatic carbocycles. The molecule has 1 aliphatic carbocycles. The fourth-order valence-corrected chi connectivity index (χ4v) is 3.45. The average Bonchev–Trinajstić information content (AvgIpc) is 3.05. The van der Waals surface area contributed by atoms with Crippen molar-refractivity contribution in [1.82, 2.24) is 4.90 Å². The molecule has 2 atom stereocenters. The molecule has 1 heterocycles. The van der Waals surface area contributed by atoms with Crippen molar-refractivity contribution in [3.05, 3.63) is 34.9 Å². The Kier molecular flexibility index (Phi) is 3.76. The zero-order chi connectivity index (χ0) is 14.1. The van der Waals surface area contributed by atoms with Crippen molar-refractivity contribution in [2.24, 2.45) is 0 Å². The molecular formula is C16H21NO3. The molecule has 2 N–H and O–H groups in total. The number of nitrogens with zero attached hydrogens (tertiary/aromatic N) is 1. The Hall–Kier alpha value is -1.39. The molecule has 4 nitrogen and oxygen atoms in total. The number of hydrogen-bond acceptors (Lipinski definition) is 3. The van der Waals surface area contributed by atoms with Gasteiger partial charge in [-0.2, -0.15) is 0 Å². The van der Waals surface area contributed by atoms with Gasteiger partial charge in [-0.15, -0.1) is 0 Å². The lowest BCUT2D eigenvalue weighted by Crippen LogP contribution is -2.38. The molecule has 0 radical (unpaired) electrons. The minimum Gasteiger partial charge on any atom is -0.480 e. The van der Waals surface area contributed by atoms with E-state index in [1.165, 1.54) is 17.5 Å². The molecule has 1 aliphatic heterocycles. The first-order valence-corrected chi connectivity index (χ1v) is 7.42. The van der Waals surface area contributed by atoms with Gasteiger partial charge in [-0.25, -0.2) is 0 Å². The van der Waals surface area contributed by atoms with Crippen LogP contribution in [0.3, 0.4) is 0 Å². The van der Waals surface area contributed by atoms with E-state index in [9.17, 15) is 15.0 Å². The van der Waals surface area contributed by atoms with E-state index in [0.717, 1.165) is 31.4 Å². The molecule has 1 fully saturated rings. The van der Waals surface area contributed by atoms with Crippen molar-refractivity contribution in [1.29, 1.82) is 0 Å². The van der Waals surface area contributed by atoms with Gasteiger partial charge in [-0.05, 0) is 55.3 Å². The quantitative estimate of drug-likeness (QED) is 0.879. The minimum absolute atomic E-state index is 0.412. The highest BCUT2D eigenvalue weighted by Crippen LogP contribution is 2.27. The second-order valence-corrected chi connectivity index (χ2v) is 5.89. The highest BCUT2D eigenvalue weighted by atomic mass is 16.4. The summed E-state index contributed by atoms with van der Waals surface area (Å²) in [6.45, 7) is 1.18. The Balaban J connectivity index is 1.70. The second kappa shape index (κ2) is 5.54. The molecule has 2 aliphatic rings. The Morgan fingerprint density at radius 1 is 1.30 bits per heavy atom. The van der Waals surface area contributed by atoms with Gasteiger partial charge in [0.05, 0.1) is 6.10 Å². The van der Waals surface area contributed by atoms with Gasteiger partial charge in [0.1, 0.15) is 6.04 Å². The molecule has 3 rings (SSSR count). The summed E-state index contributed by atoms with van der Waals surface area (Å²) < 4.78 is 0. The molecule has 0 spiro atoms. The van der Waals surface area contributed by atoms with Crippen LogP contribution in [0, 0.1) is 0 Å². The largest absolute Gasteiger partial charge is 0.480 e. The van der Waals surface area contributed by atoms with Crippen LogP contribution in [0.25, 0.3) is 0 Å². The van der Waals surface area contributed by atoms with Crippen LogP contribution in [-0.4, -0.2) is 40.2 Å². The summed E-state index contributed by atoms with van der Waals surface area (Å²) in [4.78, 5) is 13.0. The molecule has 0 saturated carbocycles. The lowest BCUT2D eigenvalue weighted by Gasteiger charge is -2.24. The SMILES string of the molecule is O=C(O)C1CCCN1CC(O)c1ccc2c(c1)CCC2. The fourth-order valence-electron chi connectivity index (χ4n) is 3.45. The van der Waals surface area contributed by atoms with Gasteiger partial charge in [-0.3, -0.25) is 9.69 Å². The van der Waals surface area contributed by atoms with Crippen molar-refractivity contribution in [2.75, 3.05) is 13.1 Å². The number of rotatable bonds is 4. The molecule has 2 unspecified atom stereocenters. The van der Waals surface area contributed by atoms with E-state index >= 15 is 0 Å². The Labute approximate surface area is 119 Å².